The number of hydrogen-bond donors (Lipinski definition) is 2. The molecule has 3 nitrogen and oxygen atoms in total. The van der Waals surface area contributed by atoms with Gasteiger partial charge in [0, 0.05) is 10.2 Å². The lowest BCUT2D eigenvalue weighted by Crippen LogP contribution is -2.12. The Morgan fingerprint density at radius 3 is 2.53 bits per heavy atom. The highest BCUT2D eigenvalue weighted by atomic mass is 79.9. The molecule has 0 saturated carbocycles. The van der Waals surface area contributed by atoms with Gasteiger partial charge in [-0.25, -0.2) is 0 Å². The summed E-state index contributed by atoms with van der Waals surface area (Å²) in [6.45, 7) is 1.94. The Bertz CT molecular complexity index is 594. The molecule has 0 aliphatic rings. The van der Waals surface area contributed by atoms with Gasteiger partial charge in [0.2, 0.25) is 0 Å². The van der Waals surface area contributed by atoms with E-state index in [2.05, 4.69) is 21.2 Å². The summed E-state index contributed by atoms with van der Waals surface area (Å²) < 4.78 is 0.766. The molecule has 0 aliphatic heterocycles. The summed E-state index contributed by atoms with van der Waals surface area (Å²) in [5.74, 6) is -0.160. The highest BCUT2D eigenvalue weighted by Gasteiger charge is 2.10. The molecule has 4 heteroatoms. The van der Waals surface area contributed by atoms with E-state index in [4.69, 9.17) is 5.11 Å². The van der Waals surface area contributed by atoms with Gasteiger partial charge in [0.25, 0.3) is 5.91 Å². The van der Waals surface area contributed by atoms with Crippen molar-refractivity contribution in [3.63, 3.8) is 0 Å². The van der Waals surface area contributed by atoms with Gasteiger partial charge in [0.15, 0.2) is 0 Å². The van der Waals surface area contributed by atoms with Gasteiger partial charge in [-0.1, -0.05) is 23.8 Å². The number of aryl methyl sites for hydroxylation is 1. The predicted octanol–water partition coefficient (Wildman–Crippen LogP) is 3.50. The van der Waals surface area contributed by atoms with Crippen LogP contribution < -0.4 is 5.32 Å². The summed E-state index contributed by atoms with van der Waals surface area (Å²) in [5.41, 5.74) is 3.15. The molecule has 2 aromatic rings. The second-order valence-corrected chi connectivity index (χ2v) is 5.15. The lowest BCUT2D eigenvalue weighted by atomic mass is 10.1. The second-order valence-electron chi connectivity index (χ2n) is 4.29. The minimum absolute atomic E-state index is 0.00233. The van der Waals surface area contributed by atoms with E-state index in [0.29, 0.717) is 11.3 Å². The van der Waals surface area contributed by atoms with E-state index in [1.807, 2.05) is 25.1 Å². The van der Waals surface area contributed by atoms with Gasteiger partial charge < -0.3 is 10.4 Å². The van der Waals surface area contributed by atoms with Crippen molar-refractivity contribution < 1.29 is 9.90 Å². The maximum atomic E-state index is 12.2. The van der Waals surface area contributed by atoms with Crippen LogP contribution in [0, 0.1) is 6.92 Å². The Balaban J connectivity index is 2.18. The first-order valence-corrected chi connectivity index (χ1v) is 6.67. The molecule has 0 heterocycles. The van der Waals surface area contributed by atoms with Crippen LogP contribution >= 0.6 is 15.9 Å². The molecule has 0 bridgehead atoms. The van der Waals surface area contributed by atoms with Crippen LogP contribution in [0.15, 0.2) is 46.9 Å². The van der Waals surface area contributed by atoms with E-state index in [1.54, 1.807) is 24.3 Å². The Morgan fingerprint density at radius 2 is 1.89 bits per heavy atom. The Kier molecular flexibility index (Phi) is 4.35. The molecule has 2 N–H and O–H groups in total. The van der Waals surface area contributed by atoms with Crippen LogP contribution in [0.1, 0.15) is 21.5 Å². The molecular weight excluding hydrogens is 306 g/mol. The van der Waals surface area contributed by atoms with Gasteiger partial charge in [-0.3, -0.25) is 4.79 Å². The van der Waals surface area contributed by atoms with Crippen molar-refractivity contribution in [2.45, 2.75) is 13.5 Å². The fraction of sp³-hybridized carbons (Fsp3) is 0.133. The Morgan fingerprint density at radius 1 is 1.21 bits per heavy atom. The van der Waals surface area contributed by atoms with Gasteiger partial charge in [-0.15, -0.1) is 0 Å². The standard InChI is InChI=1S/C15H14BrNO2/c1-10-2-7-14(16)13(8-10)15(19)17-12-5-3-11(9-18)4-6-12/h2-8,18H,9H2,1H3,(H,17,19). The largest absolute Gasteiger partial charge is 0.392 e. The minimum atomic E-state index is -0.160. The SMILES string of the molecule is Cc1ccc(Br)c(C(=O)Nc2ccc(CO)cc2)c1. The van der Waals surface area contributed by atoms with Crippen molar-refractivity contribution in [1.82, 2.24) is 0 Å². The molecule has 0 saturated heterocycles. The third-order valence-corrected chi connectivity index (χ3v) is 3.45. The fourth-order valence-corrected chi connectivity index (χ4v) is 2.13. The van der Waals surface area contributed by atoms with Gasteiger partial charge in [-0.05, 0) is 52.7 Å². The number of anilines is 1. The van der Waals surface area contributed by atoms with E-state index in [0.717, 1.165) is 15.6 Å². The molecule has 0 unspecified atom stereocenters. The average Bonchev–Trinajstić information content (AvgIpc) is 2.42. The lowest BCUT2D eigenvalue weighted by Gasteiger charge is -2.08. The fourth-order valence-electron chi connectivity index (χ4n) is 1.71. The van der Waals surface area contributed by atoms with Gasteiger partial charge in [0.1, 0.15) is 0 Å². The van der Waals surface area contributed by atoms with E-state index in [1.165, 1.54) is 0 Å². The topological polar surface area (TPSA) is 49.3 Å². The first-order valence-electron chi connectivity index (χ1n) is 5.87. The maximum Gasteiger partial charge on any atom is 0.256 e. The smallest absolute Gasteiger partial charge is 0.256 e. The van der Waals surface area contributed by atoms with Crippen molar-refractivity contribution in [2.75, 3.05) is 5.32 Å². The van der Waals surface area contributed by atoms with Crippen molar-refractivity contribution >= 4 is 27.5 Å². The van der Waals surface area contributed by atoms with Crippen LogP contribution in [-0.2, 0) is 6.61 Å². The molecular formula is C15H14BrNO2. The first kappa shape index (κ1) is 13.8. The lowest BCUT2D eigenvalue weighted by molar-refractivity contribution is 0.102. The van der Waals surface area contributed by atoms with Crippen LogP contribution in [0.4, 0.5) is 5.69 Å². The predicted molar refractivity (Wildman–Crippen MR) is 79.2 cm³/mol. The summed E-state index contributed by atoms with van der Waals surface area (Å²) in [7, 11) is 0. The highest BCUT2D eigenvalue weighted by Crippen LogP contribution is 2.20. The number of hydrogen-bond acceptors (Lipinski definition) is 2. The molecule has 2 rings (SSSR count). The zero-order valence-electron chi connectivity index (χ0n) is 10.5. The zero-order valence-corrected chi connectivity index (χ0v) is 12.1. The number of nitrogens with one attached hydrogen (secondary N) is 1. The number of aliphatic hydroxyl groups excluding tert-OH is 1. The normalized spacial score (nSPS) is 10.3. The first-order chi connectivity index (χ1) is 9.10. The molecule has 0 atom stereocenters. The Labute approximate surface area is 120 Å². The molecule has 2 aromatic carbocycles. The number of carbonyl (C=O) groups is 1. The number of aliphatic hydroxyl groups is 1. The van der Waals surface area contributed by atoms with Gasteiger partial charge in [0.05, 0.1) is 12.2 Å². The summed E-state index contributed by atoms with van der Waals surface area (Å²) in [4.78, 5) is 12.2. The van der Waals surface area contributed by atoms with E-state index < -0.39 is 0 Å². The average molecular weight is 320 g/mol. The summed E-state index contributed by atoms with van der Waals surface area (Å²) in [6, 6.07) is 12.7. The number of rotatable bonds is 3. The zero-order chi connectivity index (χ0) is 13.8. The second kappa shape index (κ2) is 5.99. The molecule has 19 heavy (non-hydrogen) atoms. The summed E-state index contributed by atoms with van der Waals surface area (Å²) in [5, 5.41) is 11.8. The number of halogens is 1. The molecule has 0 aliphatic carbocycles. The van der Waals surface area contributed by atoms with Crippen LogP contribution in [0.2, 0.25) is 0 Å². The van der Waals surface area contributed by atoms with Gasteiger partial charge in [-0.2, -0.15) is 0 Å². The molecule has 0 spiro atoms. The molecule has 0 fully saturated rings. The maximum absolute atomic E-state index is 12.2. The van der Waals surface area contributed by atoms with Crippen molar-refractivity contribution in [3.05, 3.63) is 63.6 Å². The minimum Gasteiger partial charge on any atom is -0.392 e. The monoisotopic (exact) mass is 319 g/mol. The molecule has 0 aromatic heterocycles. The van der Waals surface area contributed by atoms with E-state index >= 15 is 0 Å². The molecule has 1 amide bonds. The van der Waals surface area contributed by atoms with Crippen molar-refractivity contribution in [3.8, 4) is 0 Å². The van der Waals surface area contributed by atoms with Crippen LogP contribution in [0.25, 0.3) is 0 Å². The highest BCUT2D eigenvalue weighted by molar-refractivity contribution is 9.10. The number of amides is 1. The number of carbonyl (C=O) groups excluding carboxylic acids is 1. The van der Waals surface area contributed by atoms with Crippen LogP contribution in [0.5, 0.6) is 0 Å². The van der Waals surface area contributed by atoms with Crippen molar-refractivity contribution in [1.29, 1.82) is 0 Å². The third kappa shape index (κ3) is 3.43. The molecule has 0 radical (unpaired) electrons. The Hall–Kier alpha value is -1.65. The van der Waals surface area contributed by atoms with Crippen molar-refractivity contribution in [2.24, 2.45) is 0 Å². The van der Waals surface area contributed by atoms with Crippen LogP contribution in [0.3, 0.4) is 0 Å². The van der Waals surface area contributed by atoms with E-state index in [9.17, 15) is 4.79 Å². The number of benzene rings is 2. The molecule has 98 valence electrons. The quantitative estimate of drug-likeness (QED) is 0.909. The summed E-state index contributed by atoms with van der Waals surface area (Å²) >= 11 is 3.37. The van der Waals surface area contributed by atoms with Crippen LogP contribution in [-0.4, -0.2) is 11.0 Å². The third-order valence-electron chi connectivity index (χ3n) is 2.76. The van der Waals surface area contributed by atoms with E-state index in [-0.39, 0.29) is 12.5 Å². The summed E-state index contributed by atoms with van der Waals surface area (Å²) in [6.07, 6.45) is 0. The van der Waals surface area contributed by atoms with Gasteiger partial charge >= 0.3 is 0 Å².